The van der Waals surface area contributed by atoms with Crippen molar-refractivity contribution in [2.24, 2.45) is 0 Å². The lowest BCUT2D eigenvalue weighted by Crippen LogP contribution is -2.47. The van der Waals surface area contributed by atoms with E-state index in [1.807, 2.05) is 33.3 Å². The molecule has 10 heteroatoms. The number of nitrogens with one attached hydrogen (secondary N) is 1. The molecule has 0 aromatic rings. The topological polar surface area (TPSA) is 111 Å². The lowest BCUT2D eigenvalue weighted by Gasteiger charge is -2.27. The van der Waals surface area contributed by atoms with Crippen molar-refractivity contribution in [3.05, 3.63) is 85.1 Å². The van der Waals surface area contributed by atoms with Gasteiger partial charge in [-0.15, -0.1) is 0 Å². The van der Waals surface area contributed by atoms with E-state index in [0.29, 0.717) is 23.9 Å². The quantitative estimate of drug-likeness (QED) is 0.0205. The number of ether oxygens (including phenoxy) is 1. The number of allylic oxidation sites excluding steroid dienone is 13. The van der Waals surface area contributed by atoms with Crippen molar-refractivity contribution in [1.82, 2.24) is 5.32 Å². The number of hydrogen-bond donors (Lipinski definition) is 2. The zero-order valence-corrected chi connectivity index (χ0v) is 50.4. The fraction of sp³-hybridized carbons (Fsp3) is 0.754. The number of carbonyl (C=O) groups excluding carboxylic acids is 2. The molecule has 0 aromatic carbocycles. The second-order valence-corrected chi connectivity index (χ2v) is 23.3. The van der Waals surface area contributed by atoms with Gasteiger partial charge in [0.2, 0.25) is 5.91 Å². The average molecular weight is 1070 g/mol. The van der Waals surface area contributed by atoms with Gasteiger partial charge in [0, 0.05) is 12.8 Å². The third-order valence-corrected chi connectivity index (χ3v) is 14.3. The molecule has 0 spiro atoms. The minimum Gasteiger partial charge on any atom is -0.456 e. The monoisotopic (exact) mass is 1070 g/mol. The maximum absolute atomic E-state index is 13.5. The average Bonchev–Trinajstić information content (AvgIpc) is 3.37. The molecule has 0 heterocycles. The summed E-state index contributed by atoms with van der Waals surface area (Å²) in [6.45, 7) is 6.89. The Balaban J connectivity index is 5.30. The minimum atomic E-state index is -4.45. The molecule has 3 atom stereocenters. The first-order chi connectivity index (χ1) is 36.4. The molecule has 9 nitrogen and oxygen atoms in total. The number of quaternary nitrogens is 1. The van der Waals surface area contributed by atoms with Gasteiger partial charge >= 0.3 is 13.8 Å². The number of phosphoric ester groups is 1. The summed E-state index contributed by atoms with van der Waals surface area (Å²) < 4.78 is 30.7. The maximum Gasteiger partial charge on any atom is 0.472 e. The molecule has 1 amide bonds. The van der Waals surface area contributed by atoms with Gasteiger partial charge < -0.3 is 19.4 Å². The molecule has 0 bridgehead atoms. The van der Waals surface area contributed by atoms with E-state index in [-0.39, 0.29) is 31.5 Å². The van der Waals surface area contributed by atoms with Crippen LogP contribution in [-0.2, 0) is 27.9 Å². The first kappa shape index (κ1) is 72.2. The highest BCUT2D eigenvalue weighted by Crippen LogP contribution is 2.43. The Morgan fingerprint density at radius 3 is 1.28 bits per heavy atom. The summed E-state index contributed by atoms with van der Waals surface area (Å²) in [5, 5.41) is 3.05. The van der Waals surface area contributed by atoms with Gasteiger partial charge in [-0.25, -0.2) is 4.57 Å². The number of unbranched alkanes of at least 4 members (excludes halogenated alkanes) is 27. The zero-order valence-electron chi connectivity index (χ0n) is 49.5. The van der Waals surface area contributed by atoms with Crippen LogP contribution in [0.25, 0.3) is 0 Å². The van der Waals surface area contributed by atoms with Crippen LogP contribution in [0.4, 0.5) is 0 Å². The second-order valence-electron chi connectivity index (χ2n) is 21.9. The fourth-order valence-corrected chi connectivity index (χ4v) is 9.33. The van der Waals surface area contributed by atoms with Crippen LogP contribution in [-0.4, -0.2) is 74.3 Å². The van der Waals surface area contributed by atoms with Crippen LogP contribution in [0.1, 0.15) is 265 Å². The van der Waals surface area contributed by atoms with E-state index in [9.17, 15) is 19.0 Å². The summed E-state index contributed by atoms with van der Waals surface area (Å²) >= 11 is 0. The van der Waals surface area contributed by atoms with Crippen molar-refractivity contribution in [2.45, 2.75) is 277 Å². The van der Waals surface area contributed by atoms with Gasteiger partial charge in [-0.3, -0.25) is 18.6 Å². The van der Waals surface area contributed by atoms with Crippen LogP contribution < -0.4 is 5.32 Å². The molecule has 2 N–H and O–H groups in total. The summed E-state index contributed by atoms with van der Waals surface area (Å²) in [5.41, 5.74) is 0. The number of rotatable bonds is 55. The summed E-state index contributed by atoms with van der Waals surface area (Å²) in [6, 6.07) is -0.860. The third kappa shape index (κ3) is 55.7. The highest BCUT2D eigenvalue weighted by molar-refractivity contribution is 7.47. The van der Waals surface area contributed by atoms with E-state index >= 15 is 0 Å². The van der Waals surface area contributed by atoms with Crippen LogP contribution in [0.2, 0.25) is 0 Å². The van der Waals surface area contributed by atoms with Crippen molar-refractivity contribution >= 4 is 19.7 Å². The molecule has 3 unspecified atom stereocenters. The molecule has 0 aliphatic heterocycles. The number of esters is 1. The van der Waals surface area contributed by atoms with Gasteiger partial charge in [-0.1, -0.05) is 254 Å². The van der Waals surface area contributed by atoms with E-state index in [1.54, 1.807) is 0 Å². The van der Waals surface area contributed by atoms with Gasteiger partial charge in [0.1, 0.15) is 19.3 Å². The lowest BCUT2D eigenvalue weighted by atomic mass is 10.0. The Morgan fingerprint density at radius 1 is 0.480 bits per heavy atom. The van der Waals surface area contributed by atoms with Crippen molar-refractivity contribution in [3.8, 4) is 0 Å². The van der Waals surface area contributed by atoms with Crippen molar-refractivity contribution < 1.29 is 37.3 Å². The molecule has 0 saturated heterocycles. The van der Waals surface area contributed by atoms with Crippen LogP contribution in [0.15, 0.2) is 85.1 Å². The van der Waals surface area contributed by atoms with Crippen molar-refractivity contribution in [2.75, 3.05) is 40.9 Å². The number of carbonyl (C=O) groups is 2. The Morgan fingerprint density at radius 2 is 0.853 bits per heavy atom. The summed E-state index contributed by atoms with van der Waals surface area (Å²) in [7, 11) is 1.48. The summed E-state index contributed by atoms with van der Waals surface area (Å²) in [4.78, 5) is 37.7. The summed E-state index contributed by atoms with van der Waals surface area (Å²) in [5.74, 6) is -0.532. The third-order valence-electron chi connectivity index (χ3n) is 13.3. The molecular weight excluding hydrogens is 952 g/mol. The van der Waals surface area contributed by atoms with Crippen LogP contribution in [0, 0.1) is 0 Å². The Hall–Kier alpha value is -2.81. The molecule has 434 valence electrons. The molecule has 0 fully saturated rings. The van der Waals surface area contributed by atoms with E-state index in [4.69, 9.17) is 13.8 Å². The van der Waals surface area contributed by atoms with Crippen LogP contribution in [0.3, 0.4) is 0 Å². The first-order valence-electron chi connectivity index (χ1n) is 30.9. The van der Waals surface area contributed by atoms with Gasteiger partial charge in [-0.2, -0.15) is 0 Å². The van der Waals surface area contributed by atoms with Crippen LogP contribution >= 0.6 is 7.82 Å². The van der Waals surface area contributed by atoms with E-state index in [2.05, 4.69) is 99.0 Å². The van der Waals surface area contributed by atoms with Gasteiger partial charge in [0.15, 0.2) is 0 Å². The Bertz CT molecular complexity index is 1560. The van der Waals surface area contributed by atoms with Crippen LogP contribution in [0.5, 0.6) is 0 Å². The molecule has 75 heavy (non-hydrogen) atoms. The summed E-state index contributed by atoms with van der Waals surface area (Å²) in [6.07, 6.45) is 71.4. The lowest BCUT2D eigenvalue weighted by molar-refractivity contribution is -0.870. The van der Waals surface area contributed by atoms with E-state index in [0.717, 1.165) is 103 Å². The smallest absolute Gasteiger partial charge is 0.456 e. The standard InChI is InChI=1S/C65H117N2O7P/c1-7-10-13-16-19-22-25-28-29-30-31-32-33-34-35-36-37-40-43-46-49-52-55-58-65(69)74-63(56-53-50-47-44-41-38-26-23-20-17-14-11-8-2)62(61-73-75(70,71)72-60-59-67(4,5)6)66-64(68)57-54-51-48-45-42-39-27-24-21-18-15-12-9-3/h10,13,19,22,28-29,31-32,34-35,37,40,53,56,62-63H,7-9,11-12,14-18,20-21,23-27,30,33,36,38-39,41-52,54-55,57-61H2,1-6H3,(H-,66,68,70,71)/p+1/b13-10-,22-19-,29-28-,32-31-,35-34-,40-37-,56-53+. The zero-order chi connectivity index (χ0) is 55.0. The Labute approximate surface area is 463 Å². The first-order valence-corrected chi connectivity index (χ1v) is 32.4. The Kier molecular flexibility index (Phi) is 52.5. The predicted octanol–water partition coefficient (Wildman–Crippen LogP) is 19.0. The van der Waals surface area contributed by atoms with Gasteiger partial charge in [-0.05, 0) is 83.1 Å². The van der Waals surface area contributed by atoms with E-state index < -0.39 is 20.0 Å². The molecule has 0 rings (SSSR count). The number of amides is 1. The maximum atomic E-state index is 13.5. The number of hydrogen-bond acceptors (Lipinski definition) is 6. The number of nitrogens with zero attached hydrogens (tertiary/aromatic N) is 1. The largest absolute Gasteiger partial charge is 0.472 e. The molecule has 0 aliphatic rings. The molecule has 0 radical (unpaired) electrons. The minimum absolute atomic E-state index is 0.0337. The molecule has 0 saturated carbocycles. The molecular formula is C65H118N2O7P+. The van der Waals surface area contributed by atoms with Crippen molar-refractivity contribution in [1.29, 1.82) is 0 Å². The van der Waals surface area contributed by atoms with Gasteiger partial charge in [0.05, 0.1) is 33.8 Å². The van der Waals surface area contributed by atoms with Crippen molar-refractivity contribution in [3.63, 3.8) is 0 Å². The highest BCUT2D eigenvalue weighted by atomic mass is 31.2. The normalized spacial score (nSPS) is 14.3. The SMILES string of the molecule is CC/C=C\C/C=C\C/C=C\C/C=C\C/C=C\C/C=C\CCCCCCC(=O)OC(/C=C/CCCCCCCCCCCCC)C(COP(=O)(O)OCC[N+](C)(C)C)NC(=O)CCCCCCCCCCCCCCC. The number of likely N-dealkylation sites (N-methyl/N-ethyl adjacent to an activating group) is 1. The van der Waals surface area contributed by atoms with E-state index in [1.165, 1.54) is 122 Å². The second kappa shape index (κ2) is 54.5. The molecule has 0 aromatic heterocycles. The highest BCUT2D eigenvalue weighted by Gasteiger charge is 2.30. The van der Waals surface area contributed by atoms with Gasteiger partial charge in [0.25, 0.3) is 0 Å². The predicted molar refractivity (Wildman–Crippen MR) is 323 cm³/mol. The molecule has 0 aliphatic carbocycles. The number of phosphoric acid groups is 1. The fourth-order valence-electron chi connectivity index (χ4n) is 8.59.